The van der Waals surface area contributed by atoms with Crippen molar-refractivity contribution in [3.63, 3.8) is 0 Å². The molecule has 0 saturated carbocycles. The standard InChI is InChI=1S/C21H20FN3O4/c1-2-29-21(28)17-12-23-25(13-18(26)14-7-4-3-5-8-14)19(17)24-20(27)15-9-6-10-16(22)11-15/h3-12,18,26H,2,13H2,1H3,(H,24,27). The zero-order valence-electron chi connectivity index (χ0n) is 15.7. The maximum Gasteiger partial charge on any atom is 0.343 e. The summed E-state index contributed by atoms with van der Waals surface area (Å²) < 4.78 is 19.8. The number of nitrogens with one attached hydrogen (secondary N) is 1. The van der Waals surface area contributed by atoms with E-state index in [4.69, 9.17) is 4.74 Å². The highest BCUT2D eigenvalue weighted by molar-refractivity contribution is 6.07. The number of aliphatic hydroxyl groups is 1. The number of esters is 1. The molecule has 0 saturated heterocycles. The van der Waals surface area contributed by atoms with Gasteiger partial charge in [-0.1, -0.05) is 36.4 Å². The Bertz CT molecular complexity index is 1000. The van der Waals surface area contributed by atoms with E-state index in [1.807, 2.05) is 6.07 Å². The fourth-order valence-electron chi connectivity index (χ4n) is 2.77. The van der Waals surface area contributed by atoms with Crippen molar-refractivity contribution in [1.82, 2.24) is 9.78 Å². The van der Waals surface area contributed by atoms with Crippen molar-refractivity contribution in [2.45, 2.75) is 19.6 Å². The number of carbonyl (C=O) groups is 2. The number of ether oxygens (including phenoxy) is 1. The molecule has 29 heavy (non-hydrogen) atoms. The maximum atomic E-state index is 13.4. The Morgan fingerprint density at radius 1 is 1.21 bits per heavy atom. The molecule has 0 aliphatic heterocycles. The molecule has 3 rings (SSSR count). The van der Waals surface area contributed by atoms with Gasteiger partial charge in [0, 0.05) is 5.56 Å². The minimum Gasteiger partial charge on any atom is -0.462 e. The third kappa shape index (κ3) is 4.85. The summed E-state index contributed by atoms with van der Waals surface area (Å²) in [5.41, 5.74) is 0.774. The molecule has 7 nitrogen and oxygen atoms in total. The van der Waals surface area contributed by atoms with Crippen molar-refractivity contribution in [3.05, 3.63) is 83.3 Å². The Kier molecular flexibility index (Phi) is 6.36. The lowest BCUT2D eigenvalue weighted by Crippen LogP contribution is -2.20. The van der Waals surface area contributed by atoms with Crippen molar-refractivity contribution >= 4 is 17.7 Å². The molecule has 150 valence electrons. The fraction of sp³-hybridized carbons (Fsp3) is 0.190. The van der Waals surface area contributed by atoms with Gasteiger partial charge in [0.15, 0.2) is 0 Å². The maximum absolute atomic E-state index is 13.4. The number of aliphatic hydroxyl groups excluding tert-OH is 1. The molecular formula is C21H20FN3O4. The molecule has 1 atom stereocenters. The van der Waals surface area contributed by atoms with Gasteiger partial charge in [-0.3, -0.25) is 4.79 Å². The third-order valence-electron chi connectivity index (χ3n) is 4.18. The van der Waals surface area contributed by atoms with Crippen LogP contribution >= 0.6 is 0 Å². The summed E-state index contributed by atoms with van der Waals surface area (Å²) in [5, 5.41) is 17.2. The Morgan fingerprint density at radius 3 is 2.66 bits per heavy atom. The van der Waals surface area contributed by atoms with E-state index in [-0.39, 0.29) is 30.1 Å². The first-order chi connectivity index (χ1) is 14.0. The number of nitrogens with zero attached hydrogens (tertiary/aromatic N) is 2. The Balaban J connectivity index is 1.90. The quantitative estimate of drug-likeness (QED) is 0.597. The van der Waals surface area contributed by atoms with Crippen molar-refractivity contribution in [2.75, 3.05) is 11.9 Å². The molecular weight excluding hydrogens is 377 g/mol. The van der Waals surface area contributed by atoms with Gasteiger partial charge >= 0.3 is 5.97 Å². The van der Waals surface area contributed by atoms with E-state index in [9.17, 15) is 19.1 Å². The van der Waals surface area contributed by atoms with Crippen LogP contribution in [0.15, 0.2) is 60.8 Å². The van der Waals surface area contributed by atoms with Crippen LogP contribution in [0.25, 0.3) is 0 Å². The van der Waals surface area contributed by atoms with Gasteiger partial charge in [-0.25, -0.2) is 13.9 Å². The lowest BCUT2D eigenvalue weighted by atomic mass is 10.1. The van der Waals surface area contributed by atoms with Gasteiger partial charge in [0.2, 0.25) is 0 Å². The molecule has 1 amide bonds. The van der Waals surface area contributed by atoms with E-state index < -0.39 is 23.8 Å². The molecule has 0 spiro atoms. The summed E-state index contributed by atoms with van der Waals surface area (Å²) in [4.78, 5) is 24.8. The van der Waals surface area contributed by atoms with E-state index in [0.29, 0.717) is 5.56 Å². The van der Waals surface area contributed by atoms with Gasteiger partial charge in [-0.05, 0) is 30.7 Å². The molecule has 8 heteroatoms. The van der Waals surface area contributed by atoms with Crippen molar-refractivity contribution in [3.8, 4) is 0 Å². The topological polar surface area (TPSA) is 93.4 Å². The highest BCUT2D eigenvalue weighted by atomic mass is 19.1. The number of aromatic nitrogens is 2. The first-order valence-electron chi connectivity index (χ1n) is 9.02. The van der Waals surface area contributed by atoms with Crippen LogP contribution in [0.5, 0.6) is 0 Å². The fourth-order valence-corrected chi connectivity index (χ4v) is 2.77. The molecule has 1 aromatic heterocycles. The molecule has 0 radical (unpaired) electrons. The summed E-state index contributed by atoms with van der Waals surface area (Å²) in [6.45, 7) is 1.79. The second kappa shape index (κ2) is 9.11. The number of hydrogen-bond donors (Lipinski definition) is 2. The second-order valence-electron chi connectivity index (χ2n) is 6.20. The number of rotatable bonds is 7. The van der Waals surface area contributed by atoms with Crippen molar-refractivity contribution in [1.29, 1.82) is 0 Å². The summed E-state index contributed by atoms with van der Waals surface area (Å²) in [5.74, 6) is -1.78. The molecule has 0 fully saturated rings. The second-order valence-corrected chi connectivity index (χ2v) is 6.20. The van der Waals surface area contributed by atoms with Crippen LogP contribution in [0, 0.1) is 5.82 Å². The minimum absolute atomic E-state index is 0.0117. The molecule has 2 aromatic carbocycles. The van der Waals surface area contributed by atoms with Gasteiger partial charge in [0.1, 0.15) is 17.2 Å². The third-order valence-corrected chi connectivity index (χ3v) is 4.18. The zero-order valence-corrected chi connectivity index (χ0v) is 15.7. The summed E-state index contributed by atoms with van der Waals surface area (Å²) in [6, 6.07) is 14.1. The van der Waals surface area contributed by atoms with Gasteiger partial charge in [-0.15, -0.1) is 0 Å². The van der Waals surface area contributed by atoms with Crippen molar-refractivity contribution in [2.24, 2.45) is 0 Å². The smallest absolute Gasteiger partial charge is 0.343 e. The largest absolute Gasteiger partial charge is 0.462 e. The van der Waals surface area contributed by atoms with Crippen LogP contribution in [-0.4, -0.2) is 33.4 Å². The first-order valence-corrected chi connectivity index (χ1v) is 9.02. The van der Waals surface area contributed by atoms with E-state index in [1.54, 1.807) is 31.2 Å². The SMILES string of the molecule is CCOC(=O)c1cnn(CC(O)c2ccccc2)c1NC(=O)c1cccc(F)c1. The van der Waals surface area contributed by atoms with Crippen LogP contribution in [0.2, 0.25) is 0 Å². The molecule has 0 bridgehead atoms. The van der Waals surface area contributed by atoms with E-state index in [0.717, 1.165) is 6.07 Å². The van der Waals surface area contributed by atoms with Gasteiger partial charge in [0.05, 0.1) is 25.5 Å². The summed E-state index contributed by atoms with van der Waals surface area (Å²) in [7, 11) is 0. The average molecular weight is 397 g/mol. The first kappa shape index (κ1) is 20.2. The van der Waals surface area contributed by atoms with Crippen LogP contribution in [0.3, 0.4) is 0 Å². The summed E-state index contributed by atoms with van der Waals surface area (Å²) in [6.07, 6.45) is 0.340. The van der Waals surface area contributed by atoms with Gasteiger partial charge < -0.3 is 15.2 Å². The molecule has 1 unspecified atom stereocenters. The normalized spacial score (nSPS) is 11.7. The van der Waals surface area contributed by atoms with Gasteiger partial charge in [0.25, 0.3) is 5.91 Å². The van der Waals surface area contributed by atoms with Crippen molar-refractivity contribution < 1.29 is 23.8 Å². The molecule has 1 heterocycles. The molecule has 2 N–H and O–H groups in total. The van der Waals surface area contributed by atoms with Crippen LogP contribution in [-0.2, 0) is 11.3 Å². The predicted molar refractivity (Wildman–Crippen MR) is 104 cm³/mol. The molecule has 0 aliphatic rings. The van der Waals surface area contributed by atoms with E-state index in [2.05, 4.69) is 10.4 Å². The van der Waals surface area contributed by atoms with Gasteiger partial charge in [-0.2, -0.15) is 5.10 Å². The van der Waals surface area contributed by atoms with E-state index in [1.165, 1.54) is 29.1 Å². The number of amides is 1. The number of anilines is 1. The monoisotopic (exact) mass is 397 g/mol. The summed E-state index contributed by atoms with van der Waals surface area (Å²) >= 11 is 0. The van der Waals surface area contributed by atoms with Crippen LogP contribution in [0.1, 0.15) is 39.3 Å². The highest BCUT2D eigenvalue weighted by Gasteiger charge is 2.23. The predicted octanol–water partition coefficient (Wildman–Crippen LogP) is 3.18. The number of carbonyl (C=O) groups excluding carboxylic acids is 2. The van der Waals surface area contributed by atoms with Crippen LogP contribution in [0.4, 0.5) is 10.2 Å². The highest BCUT2D eigenvalue weighted by Crippen LogP contribution is 2.22. The number of benzene rings is 2. The lowest BCUT2D eigenvalue weighted by molar-refractivity contribution is 0.0527. The number of halogens is 1. The van der Waals surface area contributed by atoms with E-state index >= 15 is 0 Å². The minimum atomic E-state index is -0.920. The molecule has 0 aliphatic carbocycles. The Hall–Kier alpha value is -3.52. The lowest BCUT2D eigenvalue weighted by Gasteiger charge is -2.15. The Labute approximate surface area is 166 Å². The van der Waals surface area contributed by atoms with Crippen LogP contribution < -0.4 is 5.32 Å². The zero-order chi connectivity index (χ0) is 20.8. The number of hydrogen-bond acceptors (Lipinski definition) is 5. The molecule has 3 aromatic rings. The Morgan fingerprint density at radius 2 is 1.97 bits per heavy atom. The average Bonchev–Trinajstić information content (AvgIpc) is 3.11.